The van der Waals surface area contributed by atoms with Gasteiger partial charge in [-0.1, -0.05) is 54.9 Å². The standard InChI is InChI=1S/C26H39NO4/c1-17(6-11-25(30)27-31)13-18(2)23-9-10-24-20(5-4-12-26(23,24)3)8-7-19-14-21(28)16-22(29)15-19/h6-8,11,13,18,21-24,28-29,31H,4-5,9-10,12,14-16H2,1-3H3,(H,27,30)/b11-6+,17-13+,20-8?/t18-,21-,22-,23-,24+,26-/m1/s1. The Balaban J connectivity index is 1.73. The largest absolute Gasteiger partial charge is 0.393 e. The predicted octanol–water partition coefficient (Wildman–Crippen LogP) is 4.61. The Hall–Kier alpha value is -1.69. The molecule has 3 fully saturated rings. The number of allylic oxidation sites excluding steroid dienone is 6. The van der Waals surface area contributed by atoms with E-state index in [-0.39, 0.29) is 5.41 Å². The minimum Gasteiger partial charge on any atom is -0.393 e. The molecule has 6 atom stereocenters. The molecule has 0 aliphatic heterocycles. The van der Waals surface area contributed by atoms with E-state index in [0.717, 1.165) is 17.6 Å². The van der Waals surface area contributed by atoms with Crippen molar-refractivity contribution in [3.63, 3.8) is 0 Å². The lowest BCUT2D eigenvalue weighted by molar-refractivity contribution is -0.124. The third kappa shape index (κ3) is 5.76. The van der Waals surface area contributed by atoms with E-state index in [0.29, 0.717) is 37.0 Å². The van der Waals surface area contributed by atoms with Crippen LogP contribution in [0, 0.1) is 23.2 Å². The fraction of sp³-hybridized carbons (Fsp3) is 0.654. The third-order valence-electron chi connectivity index (χ3n) is 7.88. The molecule has 0 spiro atoms. The minimum absolute atomic E-state index is 0.274. The SMILES string of the molecule is CC(/C=C/C(=O)NO)=C\[C@@H](C)[C@H]1CC[C@H]2C(=CC=C3C[C@@H](O)C[C@H](O)C3)CCC[C@]12C. The van der Waals surface area contributed by atoms with E-state index in [1.54, 1.807) is 11.6 Å². The molecule has 3 aliphatic carbocycles. The van der Waals surface area contributed by atoms with Gasteiger partial charge < -0.3 is 10.2 Å². The summed E-state index contributed by atoms with van der Waals surface area (Å²) in [5.74, 6) is 1.09. The van der Waals surface area contributed by atoms with Gasteiger partial charge in [0.2, 0.25) is 0 Å². The molecule has 0 aromatic heterocycles. The lowest BCUT2D eigenvalue weighted by Gasteiger charge is -2.44. The van der Waals surface area contributed by atoms with Crippen molar-refractivity contribution in [3.05, 3.63) is 47.1 Å². The van der Waals surface area contributed by atoms with E-state index in [2.05, 4.69) is 32.1 Å². The van der Waals surface area contributed by atoms with Crippen molar-refractivity contribution >= 4 is 5.91 Å². The minimum atomic E-state index is -0.512. The van der Waals surface area contributed by atoms with Crippen molar-refractivity contribution in [2.75, 3.05) is 0 Å². The van der Waals surface area contributed by atoms with E-state index in [1.165, 1.54) is 37.3 Å². The van der Waals surface area contributed by atoms with Crippen molar-refractivity contribution in [1.82, 2.24) is 5.48 Å². The molecule has 0 aromatic rings. The highest BCUT2D eigenvalue weighted by molar-refractivity contribution is 5.86. The number of hydroxylamine groups is 1. The Morgan fingerprint density at radius 2 is 1.87 bits per heavy atom. The molecule has 0 heterocycles. The van der Waals surface area contributed by atoms with E-state index in [1.807, 2.05) is 6.92 Å². The molecule has 1 amide bonds. The number of hydrogen-bond donors (Lipinski definition) is 4. The molecule has 172 valence electrons. The van der Waals surface area contributed by atoms with Crippen LogP contribution in [-0.2, 0) is 4.79 Å². The van der Waals surface area contributed by atoms with Gasteiger partial charge in [-0.05, 0) is 81.5 Å². The quantitative estimate of drug-likeness (QED) is 0.222. The summed E-state index contributed by atoms with van der Waals surface area (Å²) in [6.07, 6.45) is 16.8. The number of aliphatic hydroxyl groups is 2. The van der Waals surface area contributed by atoms with Gasteiger partial charge in [-0.3, -0.25) is 10.0 Å². The highest BCUT2D eigenvalue weighted by Crippen LogP contribution is 2.59. The summed E-state index contributed by atoms with van der Waals surface area (Å²) in [4.78, 5) is 11.2. The molecule has 5 heteroatoms. The smallest absolute Gasteiger partial charge is 0.267 e. The maximum Gasteiger partial charge on any atom is 0.267 e. The first kappa shape index (κ1) is 24.0. The molecule has 0 radical (unpaired) electrons. The highest BCUT2D eigenvalue weighted by Gasteiger charge is 2.50. The van der Waals surface area contributed by atoms with Crippen LogP contribution >= 0.6 is 0 Å². The van der Waals surface area contributed by atoms with Crippen molar-refractivity contribution in [1.29, 1.82) is 0 Å². The number of nitrogens with one attached hydrogen (secondary N) is 1. The van der Waals surface area contributed by atoms with Crippen LogP contribution in [0.1, 0.15) is 72.1 Å². The zero-order valence-electron chi connectivity index (χ0n) is 19.2. The summed E-state index contributed by atoms with van der Waals surface area (Å²) in [5.41, 5.74) is 5.63. The second-order valence-electron chi connectivity index (χ2n) is 10.2. The van der Waals surface area contributed by atoms with E-state index in [9.17, 15) is 15.0 Å². The first-order chi connectivity index (χ1) is 14.7. The highest BCUT2D eigenvalue weighted by atomic mass is 16.5. The number of amides is 1. The summed E-state index contributed by atoms with van der Waals surface area (Å²) in [7, 11) is 0. The first-order valence-electron chi connectivity index (χ1n) is 11.8. The monoisotopic (exact) mass is 429 g/mol. The number of rotatable bonds is 5. The van der Waals surface area contributed by atoms with E-state index in [4.69, 9.17) is 5.21 Å². The average Bonchev–Trinajstić information content (AvgIpc) is 3.07. The van der Waals surface area contributed by atoms with Crippen molar-refractivity contribution < 1.29 is 20.2 Å². The normalized spacial score (nSPS) is 36.5. The molecule has 0 aromatic carbocycles. The summed E-state index contributed by atoms with van der Waals surface area (Å²) >= 11 is 0. The number of carbonyl (C=O) groups excluding carboxylic acids is 1. The number of hydrogen-bond acceptors (Lipinski definition) is 4. The van der Waals surface area contributed by atoms with Crippen molar-refractivity contribution in [2.24, 2.45) is 23.2 Å². The van der Waals surface area contributed by atoms with E-state index < -0.39 is 18.1 Å². The first-order valence-corrected chi connectivity index (χ1v) is 11.8. The Kier molecular flexibility index (Phi) is 7.95. The molecule has 0 bridgehead atoms. The van der Waals surface area contributed by atoms with Crippen molar-refractivity contribution in [2.45, 2.75) is 84.3 Å². The molecule has 0 unspecified atom stereocenters. The summed E-state index contributed by atoms with van der Waals surface area (Å²) in [5, 5.41) is 28.6. The lowest BCUT2D eigenvalue weighted by Crippen LogP contribution is -2.35. The molecule has 4 N–H and O–H groups in total. The van der Waals surface area contributed by atoms with Gasteiger partial charge >= 0.3 is 0 Å². The van der Waals surface area contributed by atoms with Crippen LogP contribution in [0.4, 0.5) is 0 Å². The van der Waals surface area contributed by atoms with Crippen LogP contribution in [0.25, 0.3) is 0 Å². The number of aliphatic hydroxyl groups excluding tert-OH is 2. The van der Waals surface area contributed by atoms with Crippen LogP contribution in [-0.4, -0.2) is 33.5 Å². The molecular formula is C26H39NO4. The fourth-order valence-electron chi connectivity index (χ4n) is 6.50. The molecule has 5 nitrogen and oxygen atoms in total. The van der Waals surface area contributed by atoms with Gasteiger partial charge in [0.1, 0.15) is 0 Å². The van der Waals surface area contributed by atoms with Crippen LogP contribution in [0.3, 0.4) is 0 Å². The van der Waals surface area contributed by atoms with Gasteiger partial charge in [-0.2, -0.15) is 0 Å². The Bertz CT molecular complexity index is 768. The molecule has 3 rings (SSSR count). The Morgan fingerprint density at radius 3 is 2.55 bits per heavy atom. The van der Waals surface area contributed by atoms with Crippen LogP contribution < -0.4 is 5.48 Å². The predicted molar refractivity (Wildman–Crippen MR) is 122 cm³/mol. The van der Waals surface area contributed by atoms with Gasteiger partial charge in [0, 0.05) is 6.08 Å². The van der Waals surface area contributed by atoms with Crippen LogP contribution in [0.15, 0.2) is 47.1 Å². The molecule has 31 heavy (non-hydrogen) atoms. The summed E-state index contributed by atoms with van der Waals surface area (Å²) in [6, 6.07) is 0. The van der Waals surface area contributed by atoms with Gasteiger partial charge in [-0.15, -0.1) is 0 Å². The molecular weight excluding hydrogens is 390 g/mol. The van der Waals surface area contributed by atoms with Crippen LogP contribution in [0.2, 0.25) is 0 Å². The zero-order chi connectivity index (χ0) is 22.6. The average molecular weight is 430 g/mol. The Labute approximate surface area is 186 Å². The topological polar surface area (TPSA) is 89.8 Å². The maximum atomic E-state index is 11.2. The van der Waals surface area contributed by atoms with Crippen molar-refractivity contribution in [3.8, 4) is 0 Å². The van der Waals surface area contributed by atoms with Gasteiger partial charge in [0.25, 0.3) is 5.91 Å². The maximum absolute atomic E-state index is 11.2. The molecule has 0 saturated heterocycles. The molecule has 3 aliphatic rings. The lowest BCUT2D eigenvalue weighted by atomic mass is 9.61. The number of carbonyl (C=O) groups is 1. The van der Waals surface area contributed by atoms with Gasteiger partial charge in [-0.25, -0.2) is 5.48 Å². The summed E-state index contributed by atoms with van der Waals surface area (Å²) in [6.45, 7) is 6.74. The second kappa shape index (κ2) is 10.3. The molecule has 3 saturated carbocycles. The summed E-state index contributed by atoms with van der Waals surface area (Å²) < 4.78 is 0. The second-order valence-corrected chi connectivity index (χ2v) is 10.2. The van der Waals surface area contributed by atoms with Gasteiger partial charge in [0.15, 0.2) is 0 Å². The fourth-order valence-corrected chi connectivity index (χ4v) is 6.50. The number of fused-ring (bicyclic) bond motifs is 1. The van der Waals surface area contributed by atoms with E-state index >= 15 is 0 Å². The van der Waals surface area contributed by atoms with Crippen LogP contribution in [0.5, 0.6) is 0 Å². The zero-order valence-corrected chi connectivity index (χ0v) is 19.2. The van der Waals surface area contributed by atoms with Gasteiger partial charge in [0.05, 0.1) is 12.2 Å². The third-order valence-corrected chi connectivity index (χ3v) is 7.88. The Morgan fingerprint density at radius 1 is 1.16 bits per heavy atom.